The van der Waals surface area contributed by atoms with Gasteiger partial charge < -0.3 is 5.32 Å². The predicted octanol–water partition coefficient (Wildman–Crippen LogP) is 3.92. The molecule has 0 aliphatic heterocycles. The van der Waals surface area contributed by atoms with Crippen LogP contribution in [0.1, 0.15) is 36.4 Å². The van der Waals surface area contributed by atoms with Gasteiger partial charge in [-0.05, 0) is 38.8 Å². The smallest absolute Gasteiger partial charge is 0.224 e. The minimum Gasteiger partial charge on any atom is -0.355 e. The van der Waals surface area contributed by atoms with E-state index < -0.39 is 0 Å². The van der Waals surface area contributed by atoms with Gasteiger partial charge >= 0.3 is 0 Å². The first-order valence-corrected chi connectivity index (χ1v) is 9.84. The summed E-state index contributed by atoms with van der Waals surface area (Å²) in [6.45, 7) is 12.0. The SMILES string of the molecule is Cc1ccc(SCCNC(=O)Cc2c(C)nn(CC(C)C)c2C)cc1. The van der Waals surface area contributed by atoms with Crippen LogP contribution in [0, 0.1) is 26.7 Å². The summed E-state index contributed by atoms with van der Waals surface area (Å²) in [5, 5.41) is 7.60. The summed E-state index contributed by atoms with van der Waals surface area (Å²) in [6.07, 6.45) is 0.408. The Morgan fingerprint density at radius 2 is 1.88 bits per heavy atom. The van der Waals surface area contributed by atoms with Crippen LogP contribution in [0.4, 0.5) is 0 Å². The van der Waals surface area contributed by atoms with Gasteiger partial charge in [0.1, 0.15) is 0 Å². The molecule has 0 saturated heterocycles. The fraction of sp³-hybridized carbons (Fsp3) is 0.500. The van der Waals surface area contributed by atoms with Gasteiger partial charge in [-0.25, -0.2) is 0 Å². The molecule has 0 bridgehead atoms. The number of hydrogen-bond acceptors (Lipinski definition) is 3. The highest BCUT2D eigenvalue weighted by molar-refractivity contribution is 7.99. The number of carbonyl (C=O) groups is 1. The Labute approximate surface area is 155 Å². The Morgan fingerprint density at radius 3 is 2.52 bits per heavy atom. The molecule has 5 heteroatoms. The van der Waals surface area contributed by atoms with Crippen molar-refractivity contribution < 1.29 is 4.79 Å². The minimum absolute atomic E-state index is 0.0693. The largest absolute Gasteiger partial charge is 0.355 e. The summed E-state index contributed by atoms with van der Waals surface area (Å²) in [7, 11) is 0. The molecule has 0 aliphatic carbocycles. The zero-order valence-corrected chi connectivity index (χ0v) is 16.7. The third-order valence-corrected chi connectivity index (χ3v) is 5.13. The third kappa shape index (κ3) is 5.92. The molecule has 0 fully saturated rings. The van der Waals surface area contributed by atoms with Crippen LogP contribution in [0.25, 0.3) is 0 Å². The topological polar surface area (TPSA) is 46.9 Å². The molecule has 0 saturated carbocycles. The molecule has 0 spiro atoms. The maximum Gasteiger partial charge on any atom is 0.224 e. The van der Waals surface area contributed by atoms with Crippen molar-refractivity contribution >= 4 is 17.7 Å². The lowest BCUT2D eigenvalue weighted by Crippen LogP contribution is -2.27. The van der Waals surface area contributed by atoms with E-state index >= 15 is 0 Å². The van der Waals surface area contributed by atoms with Gasteiger partial charge in [-0.2, -0.15) is 5.10 Å². The Balaban J connectivity index is 1.80. The highest BCUT2D eigenvalue weighted by Gasteiger charge is 2.15. The van der Waals surface area contributed by atoms with Crippen molar-refractivity contribution in [2.45, 2.75) is 52.5 Å². The highest BCUT2D eigenvalue weighted by atomic mass is 32.2. The standard InChI is InChI=1S/C20H29N3OS/c1-14(2)13-23-17(5)19(16(4)22-23)12-20(24)21-10-11-25-18-8-6-15(3)7-9-18/h6-9,14H,10-13H2,1-5H3,(H,21,24). The number of carbonyl (C=O) groups excluding carboxylic acids is 1. The van der Waals surface area contributed by atoms with Gasteiger partial charge in [0.2, 0.25) is 5.91 Å². The van der Waals surface area contributed by atoms with E-state index in [1.807, 2.05) is 11.6 Å². The first-order valence-electron chi connectivity index (χ1n) is 8.86. The van der Waals surface area contributed by atoms with Gasteiger partial charge in [0.25, 0.3) is 0 Å². The molecule has 1 amide bonds. The molecule has 0 atom stereocenters. The number of amides is 1. The molecule has 2 rings (SSSR count). The lowest BCUT2D eigenvalue weighted by atomic mass is 10.1. The molecule has 2 aromatic rings. The van der Waals surface area contributed by atoms with Crippen LogP contribution in [-0.4, -0.2) is 28.0 Å². The summed E-state index contributed by atoms with van der Waals surface area (Å²) in [5.74, 6) is 1.48. The lowest BCUT2D eigenvalue weighted by molar-refractivity contribution is -0.120. The molecule has 0 unspecified atom stereocenters. The summed E-state index contributed by atoms with van der Waals surface area (Å²) in [4.78, 5) is 13.5. The number of aromatic nitrogens is 2. The van der Waals surface area contributed by atoms with Crippen LogP contribution < -0.4 is 5.32 Å². The number of nitrogens with zero attached hydrogens (tertiary/aromatic N) is 2. The molecule has 136 valence electrons. The van der Waals surface area contributed by atoms with Crippen molar-refractivity contribution in [1.82, 2.24) is 15.1 Å². The summed E-state index contributed by atoms with van der Waals surface area (Å²) >= 11 is 1.76. The minimum atomic E-state index is 0.0693. The number of nitrogens with one attached hydrogen (secondary N) is 1. The van der Waals surface area contributed by atoms with Gasteiger partial charge in [-0.15, -0.1) is 11.8 Å². The van der Waals surface area contributed by atoms with Crippen LogP contribution in [0.5, 0.6) is 0 Å². The molecule has 4 nitrogen and oxygen atoms in total. The number of thioether (sulfide) groups is 1. The van der Waals surface area contributed by atoms with Crippen LogP contribution in [0.3, 0.4) is 0 Å². The summed E-state index contributed by atoms with van der Waals surface area (Å²) < 4.78 is 2.02. The van der Waals surface area contributed by atoms with Gasteiger partial charge in [-0.3, -0.25) is 9.48 Å². The second-order valence-corrected chi connectivity index (χ2v) is 8.08. The van der Waals surface area contributed by atoms with Crippen molar-refractivity contribution in [3.05, 3.63) is 46.8 Å². The number of rotatable bonds is 8. The zero-order valence-electron chi connectivity index (χ0n) is 15.9. The Hall–Kier alpha value is -1.75. The highest BCUT2D eigenvalue weighted by Crippen LogP contribution is 2.18. The van der Waals surface area contributed by atoms with E-state index in [1.54, 1.807) is 11.8 Å². The van der Waals surface area contributed by atoms with E-state index in [4.69, 9.17) is 0 Å². The second-order valence-electron chi connectivity index (χ2n) is 6.91. The second kappa shape index (κ2) is 9.09. The van der Waals surface area contributed by atoms with Crippen molar-refractivity contribution in [1.29, 1.82) is 0 Å². The van der Waals surface area contributed by atoms with Crippen molar-refractivity contribution in [2.24, 2.45) is 5.92 Å². The third-order valence-electron chi connectivity index (χ3n) is 4.12. The average molecular weight is 360 g/mol. The molecule has 0 radical (unpaired) electrons. The van der Waals surface area contributed by atoms with Gasteiger partial charge in [0.15, 0.2) is 0 Å². The van der Waals surface area contributed by atoms with E-state index in [0.29, 0.717) is 18.9 Å². The van der Waals surface area contributed by atoms with Crippen LogP contribution in [-0.2, 0) is 17.8 Å². The molecule has 25 heavy (non-hydrogen) atoms. The van der Waals surface area contributed by atoms with Gasteiger partial charge in [0.05, 0.1) is 12.1 Å². The predicted molar refractivity (Wildman–Crippen MR) is 105 cm³/mol. The van der Waals surface area contributed by atoms with Crippen molar-refractivity contribution in [3.8, 4) is 0 Å². The number of benzene rings is 1. The Kier molecular flexibility index (Phi) is 7.12. The van der Waals surface area contributed by atoms with Crippen molar-refractivity contribution in [3.63, 3.8) is 0 Å². The first-order chi connectivity index (χ1) is 11.9. The Bertz CT molecular complexity index is 704. The zero-order chi connectivity index (χ0) is 18.4. The lowest BCUT2D eigenvalue weighted by Gasteiger charge is -2.08. The maximum absolute atomic E-state index is 12.2. The van der Waals surface area contributed by atoms with Crippen molar-refractivity contribution in [2.75, 3.05) is 12.3 Å². The average Bonchev–Trinajstić information content (AvgIpc) is 2.80. The van der Waals surface area contributed by atoms with Crippen LogP contribution in [0.15, 0.2) is 29.2 Å². The molecule has 1 N–H and O–H groups in total. The van der Waals surface area contributed by atoms with Gasteiger partial charge in [-0.1, -0.05) is 31.5 Å². The molecule has 1 aromatic carbocycles. The number of hydrogen-bond donors (Lipinski definition) is 1. The van der Waals surface area contributed by atoms with E-state index in [-0.39, 0.29) is 5.91 Å². The monoisotopic (exact) mass is 359 g/mol. The maximum atomic E-state index is 12.2. The molecular weight excluding hydrogens is 330 g/mol. The van der Waals surface area contributed by atoms with E-state index in [1.165, 1.54) is 10.5 Å². The van der Waals surface area contributed by atoms with E-state index in [0.717, 1.165) is 29.2 Å². The van der Waals surface area contributed by atoms with E-state index in [9.17, 15) is 4.79 Å². The molecule has 1 heterocycles. The van der Waals surface area contributed by atoms with Crippen LogP contribution in [0.2, 0.25) is 0 Å². The van der Waals surface area contributed by atoms with Gasteiger partial charge in [0, 0.05) is 35.0 Å². The van der Waals surface area contributed by atoms with Crippen LogP contribution >= 0.6 is 11.8 Å². The Morgan fingerprint density at radius 1 is 1.20 bits per heavy atom. The molecular formula is C20H29N3OS. The molecule has 1 aromatic heterocycles. The quantitative estimate of drug-likeness (QED) is 0.574. The van der Waals surface area contributed by atoms with E-state index in [2.05, 4.69) is 62.4 Å². The summed E-state index contributed by atoms with van der Waals surface area (Å²) in [6, 6.07) is 8.47. The molecule has 0 aliphatic rings. The number of aryl methyl sites for hydroxylation is 2. The first kappa shape index (κ1) is 19.6. The normalized spacial score (nSPS) is 11.1. The fourth-order valence-electron chi connectivity index (χ4n) is 2.73. The fourth-order valence-corrected chi connectivity index (χ4v) is 3.50. The summed E-state index contributed by atoms with van der Waals surface area (Å²) in [5.41, 5.74) is 4.39.